The Bertz CT molecular complexity index is 1270. The van der Waals surface area contributed by atoms with Crippen molar-refractivity contribution in [3.63, 3.8) is 0 Å². The van der Waals surface area contributed by atoms with Crippen molar-refractivity contribution in [2.24, 2.45) is 0 Å². The Balaban J connectivity index is 1.32. The largest absolute Gasteiger partial charge is 0.467 e. The molecule has 1 N–H and O–H groups in total. The van der Waals surface area contributed by atoms with Gasteiger partial charge in [-0.2, -0.15) is 0 Å². The number of anilines is 1. The Labute approximate surface area is 234 Å². The minimum absolute atomic E-state index is 0.0745. The zero-order chi connectivity index (χ0) is 27.7. The molecular formula is C30H36N4O6. The number of carbonyl (C=O) groups is 2. The van der Waals surface area contributed by atoms with Gasteiger partial charge in [-0.1, -0.05) is 25.1 Å². The van der Waals surface area contributed by atoms with Crippen LogP contribution in [0.3, 0.4) is 0 Å². The van der Waals surface area contributed by atoms with Gasteiger partial charge in [0, 0.05) is 38.4 Å². The van der Waals surface area contributed by atoms with Crippen molar-refractivity contribution in [2.75, 3.05) is 58.0 Å². The number of hydrogen-bond acceptors (Lipinski definition) is 7. The summed E-state index contributed by atoms with van der Waals surface area (Å²) in [5, 5.41) is 3.00. The predicted octanol–water partition coefficient (Wildman–Crippen LogP) is 3.97. The average Bonchev–Trinajstić information content (AvgIpc) is 3.67. The standard InChI is InChI=1S/C30H36N4O6/c1-2-23-5-3-6-25(17-23)31-30(36)33(11-10-32-12-15-37-16-13-32)21-29(35)34(20-26-7-4-14-38-26)19-24-8-9-27-28(18-24)40-22-39-27/h3-9,14,17-18H,2,10-13,15-16,19-22H2,1H3,(H,31,36). The summed E-state index contributed by atoms with van der Waals surface area (Å²) in [5.41, 5.74) is 2.73. The fraction of sp³-hybridized carbons (Fsp3) is 0.400. The van der Waals surface area contributed by atoms with E-state index < -0.39 is 0 Å². The molecule has 40 heavy (non-hydrogen) atoms. The second-order valence-electron chi connectivity index (χ2n) is 9.88. The predicted molar refractivity (Wildman–Crippen MR) is 149 cm³/mol. The highest BCUT2D eigenvalue weighted by molar-refractivity contribution is 5.92. The highest BCUT2D eigenvalue weighted by Gasteiger charge is 2.24. The van der Waals surface area contributed by atoms with Crippen LogP contribution in [0.15, 0.2) is 65.3 Å². The molecule has 5 rings (SSSR count). The zero-order valence-corrected chi connectivity index (χ0v) is 22.8. The number of hydrogen-bond donors (Lipinski definition) is 1. The molecule has 0 aliphatic carbocycles. The molecule has 2 aromatic carbocycles. The number of rotatable bonds is 11. The molecule has 0 radical (unpaired) electrons. The van der Waals surface area contributed by atoms with Gasteiger partial charge in [-0.3, -0.25) is 9.69 Å². The summed E-state index contributed by atoms with van der Waals surface area (Å²) in [6, 6.07) is 16.7. The second-order valence-corrected chi connectivity index (χ2v) is 9.88. The maximum absolute atomic E-state index is 13.8. The third-order valence-electron chi connectivity index (χ3n) is 7.08. The van der Waals surface area contributed by atoms with Gasteiger partial charge in [-0.25, -0.2) is 4.79 Å². The number of ether oxygens (including phenoxy) is 3. The molecule has 0 saturated carbocycles. The summed E-state index contributed by atoms with van der Waals surface area (Å²) in [4.78, 5) is 32.8. The van der Waals surface area contributed by atoms with Gasteiger partial charge < -0.3 is 33.7 Å². The summed E-state index contributed by atoms with van der Waals surface area (Å²) >= 11 is 0. The van der Waals surface area contributed by atoms with E-state index in [-0.39, 0.29) is 31.8 Å². The van der Waals surface area contributed by atoms with Crippen LogP contribution in [0.5, 0.6) is 11.5 Å². The van der Waals surface area contributed by atoms with Crippen molar-refractivity contribution in [2.45, 2.75) is 26.4 Å². The Hall–Kier alpha value is -4.02. The van der Waals surface area contributed by atoms with Crippen molar-refractivity contribution in [1.82, 2.24) is 14.7 Å². The van der Waals surface area contributed by atoms with E-state index in [1.165, 1.54) is 0 Å². The van der Waals surface area contributed by atoms with Crippen LogP contribution in [-0.2, 0) is 29.0 Å². The minimum Gasteiger partial charge on any atom is -0.467 e. The zero-order valence-electron chi connectivity index (χ0n) is 22.8. The molecule has 2 aliphatic heterocycles. The van der Waals surface area contributed by atoms with E-state index in [1.807, 2.05) is 48.5 Å². The molecule has 10 heteroatoms. The molecule has 1 saturated heterocycles. The highest BCUT2D eigenvalue weighted by atomic mass is 16.7. The van der Waals surface area contributed by atoms with Crippen LogP contribution >= 0.6 is 0 Å². The number of benzene rings is 2. The van der Waals surface area contributed by atoms with Gasteiger partial charge in [0.2, 0.25) is 12.7 Å². The van der Waals surface area contributed by atoms with Gasteiger partial charge in [0.05, 0.1) is 26.0 Å². The summed E-state index contributed by atoms with van der Waals surface area (Å²) in [6.07, 6.45) is 2.45. The number of aryl methyl sites for hydroxylation is 1. The van der Waals surface area contributed by atoms with E-state index >= 15 is 0 Å². The van der Waals surface area contributed by atoms with Gasteiger partial charge in [-0.15, -0.1) is 0 Å². The molecule has 3 heterocycles. The van der Waals surface area contributed by atoms with Gasteiger partial charge in [0.1, 0.15) is 12.3 Å². The van der Waals surface area contributed by atoms with E-state index in [9.17, 15) is 9.59 Å². The Morgan fingerprint density at radius 2 is 1.77 bits per heavy atom. The van der Waals surface area contributed by atoms with Gasteiger partial charge in [-0.05, 0) is 53.9 Å². The van der Waals surface area contributed by atoms with Crippen molar-refractivity contribution in [1.29, 1.82) is 0 Å². The van der Waals surface area contributed by atoms with Crippen molar-refractivity contribution in [3.05, 3.63) is 77.7 Å². The summed E-state index contributed by atoms with van der Waals surface area (Å²) in [5.74, 6) is 1.82. The number of nitrogens with zero attached hydrogens (tertiary/aromatic N) is 3. The van der Waals surface area contributed by atoms with Crippen LogP contribution in [0.25, 0.3) is 0 Å². The summed E-state index contributed by atoms with van der Waals surface area (Å²) in [7, 11) is 0. The molecule has 1 fully saturated rings. The number of furan rings is 1. The molecule has 2 aliphatic rings. The van der Waals surface area contributed by atoms with Crippen LogP contribution in [0.2, 0.25) is 0 Å². The number of amides is 3. The molecule has 212 valence electrons. The fourth-order valence-electron chi connectivity index (χ4n) is 4.76. The molecule has 0 unspecified atom stereocenters. The lowest BCUT2D eigenvalue weighted by Crippen LogP contribution is -2.48. The first kappa shape index (κ1) is 27.5. The molecule has 0 spiro atoms. The molecule has 0 atom stereocenters. The van der Waals surface area contributed by atoms with Crippen LogP contribution in [0, 0.1) is 0 Å². The SMILES string of the molecule is CCc1cccc(NC(=O)N(CCN2CCOCC2)CC(=O)N(Cc2ccc3c(c2)OCO3)Cc2ccco2)c1. The lowest BCUT2D eigenvalue weighted by atomic mass is 10.1. The third-order valence-corrected chi connectivity index (χ3v) is 7.08. The van der Waals surface area contributed by atoms with Crippen LogP contribution in [0.4, 0.5) is 10.5 Å². The van der Waals surface area contributed by atoms with Crippen molar-refractivity contribution < 1.29 is 28.2 Å². The number of urea groups is 1. The topological polar surface area (TPSA) is 96.7 Å². The van der Waals surface area contributed by atoms with Gasteiger partial charge >= 0.3 is 6.03 Å². The van der Waals surface area contributed by atoms with Crippen LogP contribution in [-0.4, -0.2) is 79.4 Å². The first-order valence-electron chi connectivity index (χ1n) is 13.7. The van der Waals surface area contributed by atoms with Gasteiger partial charge in [0.25, 0.3) is 0 Å². The number of morpholine rings is 1. The first-order valence-corrected chi connectivity index (χ1v) is 13.7. The van der Waals surface area contributed by atoms with E-state index in [4.69, 9.17) is 18.6 Å². The molecule has 3 aromatic rings. The maximum Gasteiger partial charge on any atom is 0.322 e. The van der Waals surface area contributed by atoms with Crippen molar-refractivity contribution >= 4 is 17.6 Å². The quantitative estimate of drug-likeness (QED) is 0.387. The first-order chi connectivity index (χ1) is 19.6. The fourth-order valence-corrected chi connectivity index (χ4v) is 4.76. The molecular weight excluding hydrogens is 512 g/mol. The Kier molecular flexibility index (Phi) is 9.20. The minimum atomic E-state index is -0.309. The molecule has 0 bridgehead atoms. The third kappa shape index (κ3) is 7.34. The molecule has 1 aromatic heterocycles. The highest BCUT2D eigenvalue weighted by Crippen LogP contribution is 2.33. The maximum atomic E-state index is 13.8. The van der Waals surface area contributed by atoms with Crippen LogP contribution in [0.1, 0.15) is 23.8 Å². The van der Waals surface area contributed by atoms with E-state index in [0.29, 0.717) is 55.8 Å². The molecule has 10 nitrogen and oxygen atoms in total. The lowest BCUT2D eigenvalue weighted by molar-refractivity contribution is -0.133. The lowest BCUT2D eigenvalue weighted by Gasteiger charge is -2.31. The number of nitrogens with one attached hydrogen (secondary N) is 1. The smallest absolute Gasteiger partial charge is 0.322 e. The van der Waals surface area contributed by atoms with E-state index in [2.05, 4.69) is 17.1 Å². The Morgan fingerprint density at radius 1 is 0.925 bits per heavy atom. The second kappa shape index (κ2) is 13.4. The monoisotopic (exact) mass is 548 g/mol. The normalized spacial score (nSPS) is 14.6. The van der Waals surface area contributed by atoms with E-state index in [1.54, 1.807) is 22.1 Å². The summed E-state index contributed by atoms with van der Waals surface area (Å²) in [6.45, 7) is 6.78. The Morgan fingerprint density at radius 3 is 2.58 bits per heavy atom. The van der Waals surface area contributed by atoms with Crippen molar-refractivity contribution in [3.8, 4) is 11.5 Å². The summed E-state index contributed by atoms with van der Waals surface area (Å²) < 4.78 is 22.0. The van der Waals surface area contributed by atoms with Gasteiger partial charge in [0.15, 0.2) is 11.5 Å². The number of carbonyl (C=O) groups excluding carboxylic acids is 2. The number of fused-ring (bicyclic) bond motifs is 1. The average molecular weight is 549 g/mol. The molecule has 3 amide bonds. The van der Waals surface area contributed by atoms with E-state index in [0.717, 1.165) is 30.6 Å². The van der Waals surface area contributed by atoms with Crippen LogP contribution < -0.4 is 14.8 Å².